The van der Waals surface area contributed by atoms with E-state index in [1.165, 1.54) is 27.6 Å². The highest BCUT2D eigenvalue weighted by molar-refractivity contribution is 6.74. The summed E-state index contributed by atoms with van der Waals surface area (Å²) in [5, 5.41) is 1.71. The molecular weight excluding hydrogens is 336 g/mol. The Morgan fingerprint density at radius 3 is 2.77 bits per heavy atom. The van der Waals surface area contributed by atoms with E-state index in [9.17, 15) is 0 Å². The Hall–Kier alpha value is -1.36. The minimum atomic E-state index is -1.71. The monoisotopic (exact) mass is 368 g/mol. The molecule has 0 unspecified atom stereocenters. The molecule has 0 saturated heterocycles. The molecule has 2 atom stereocenters. The molecule has 1 aromatic carbocycles. The first-order chi connectivity index (χ1) is 12.2. The number of nitrogens with zero attached hydrogens (tertiary/aromatic N) is 1. The number of H-pyrrole nitrogens is 1. The second-order valence-electron chi connectivity index (χ2n) is 9.67. The van der Waals surface area contributed by atoms with Crippen LogP contribution in [0.25, 0.3) is 10.9 Å². The van der Waals surface area contributed by atoms with E-state index >= 15 is 0 Å². The summed E-state index contributed by atoms with van der Waals surface area (Å²) in [6.07, 6.45) is 5.85. The number of aromatic amines is 1. The van der Waals surface area contributed by atoms with Gasteiger partial charge in [-0.2, -0.15) is 0 Å². The number of aromatic nitrogens is 1. The normalized spacial score (nSPS) is 23.8. The summed E-state index contributed by atoms with van der Waals surface area (Å²) in [5.74, 6) is 0.471. The molecular formula is C22H32N2OSi. The van der Waals surface area contributed by atoms with Crippen molar-refractivity contribution in [1.82, 2.24) is 9.88 Å². The van der Waals surface area contributed by atoms with Crippen LogP contribution in [-0.4, -0.2) is 44.4 Å². The molecule has 2 aliphatic rings. The fraction of sp³-hybridized carbons (Fsp3) is 0.545. The quantitative estimate of drug-likeness (QED) is 0.605. The number of benzene rings is 1. The average molecular weight is 369 g/mol. The minimum absolute atomic E-state index is 0.257. The smallest absolute Gasteiger partial charge is 0.192 e. The van der Waals surface area contributed by atoms with Gasteiger partial charge in [0.2, 0.25) is 0 Å². The lowest BCUT2D eigenvalue weighted by Gasteiger charge is -2.42. The number of rotatable bonds is 3. The van der Waals surface area contributed by atoms with Crippen molar-refractivity contribution < 1.29 is 4.43 Å². The molecule has 0 saturated carbocycles. The van der Waals surface area contributed by atoms with Crippen molar-refractivity contribution in [2.75, 3.05) is 20.2 Å². The van der Waals surface area contributed by atoms with E-state index in [-0.39, 0.29) is 5.04 Å². The average Bonchev–Trinajstić information content (AvgIpc) is 2.98. The second-order valence-corrected chi connectivity index (χ2v) is 14.5. The van der Waals surface area contributed by atoms with Gasteiger partial charge in [-0.15, -0.1) is 0 Å². The zero-order chi connectivity index (χ0) is 18.7. The van der Waals surface area contributed by atoms with E-state index in [1.807, 2.05) is 0 Å². The van der Waals surface area contributed by atoms with Crippen LogP contribution in [0.5, 0.6) is 0 Å². The predicted octanol–water partition coefficient (Wildman–Crippen LogP) is 5.07. The number of nitrogens with one attached hydrogen (secondary N) is 1. The summed E-state index contributed by atoms with van der Waals surface area (Å²) in [5.41, 5.74) is 5.66. The largest absolute Gasteiger partial charge is 0.413 e. The van der Waals surface area contributed by atoms with Crippen LogP contribution < -0.4 is 0 Å². The highest BCUT2D eigenvalue weighted by Crippen LogP contribution is 2.42. The van der Waals surface area contributed by atoms with Crippen molar-refractivity contribution in [1.29, 1.82) is 0 Å². The molecule has 4 heteroatoms. The number of likely N-dealkylation sites (N-methyl/N-ethyl adjacent to an activating group) is 1. The maximum Gasteiger partial charge on any atom is 0.192 e. The molecule has 3 nitrogen and oxygen atoms in total. The van der Waals surface area contributed by atoms with Crippen molar-refractivity contribution in [3.63, 3.8) is 0 Å². The molecule has 140 valence electrons. The fourth-order valence-corrected chi connectivity index (χ4v) is 5.22. The van der Waals surface area contributed by atoms with Gasteiger partial charge in [0, 0.05) is 35.6 Å². The number of hydrogen-bond acceptors (Lipinski definition) is 2. The zero-order valence-corrected chi connectivity index (χ0v) is 18.0. The highest BCUT2D eigenvalue weighted by atomic mass is 28.4. The SMILES string of the molecule is CN1CC(CO[Si](C)(C)C(C)(C)C)=C[C@@H]2c3cccc4[nH]cc(c34)C[C@H]21. The molecule has 26 heavy (non-hydrogen) atoms. The van der Waals surface area contributed by atoms with Gasteiger partial charge in [-0.05, 0) is 54.4 Å². The van der Waals surface area contributed by atoms with Crippen LogP contribution >= 0.6 is 0 Å². The van der Waals surface area contributed by atoms with E-state index in [0.29, 0.717) is 12.0 Å². The molecule has 0 spiro atoms. The summed E-state index contributed by atoms with van der Waals surface area (Å²) in [7, 11) is 0.558. The summed E-state index contributed by atoms with van der Waals surface area (Å²) < 4.78 is 6.53. The predicted molar refractivity (Wildman–Crippen MR) is 112 cm³/mol. The van der Waals surface area contributed by atoms with Crippen molar-refractivity contribution in [2.45, 2.75) is 57.3 Å². The van der Waals surface area contributed by atoms with Gasteiger partial charge in [0.1, 0.15) is 0 Å². The Bertz CT molecular complexity index is 859. The lowest BCUT2D eigenvalue weighted by atomic mass is 9.77. The third-order valence-corrected chi connectivity index (χ3v) is 11.4. The van der Waals surface area contributed by atoms with Gasteiger partial charge in [0.25, 0.3) is 0 Å². The molecule has 0 fully saturated rings. The molecule has 2 aromatic rings. The number of fused-ring (bicyclic) bond motifs is 2. The molecule has 1 aliphatic heterocycles. The first-order valence-electron chi connectivity index (χ1n) is 9.80. The van der Waals surface area contributed by atoms with E-state index in [4.69, 9.17) is 4.43 Å². The Kier molecular flexibility index (Phi) is 4.21. The van der Waals surface area contributed by atoms with E-state index < -0.39 is 8.32 Å². The first-order valence-corrected chi connectivity index (χ1v) is 12.7. The Labute approximate surface area is 158 Å². The van der Waals surface area contributed by atoms with Crippen molar-refractivity contribution in [3.05, 3.63) is 47.2 Å². The standard InChI is InChI=1S/C22H32N2OSi/c1-22(2,3)26(5,6)25-14-15-10-18-17-8-7-9-19-21(17)16(12-23-19)11-20(18)24(4)13-15/h7-10,12,18,20,23H,11,13-14H2,1-6H3/t18-,20-/m1/s1. The summed E-state index contributed by atoms with van der Waals surface area (Å²) in [6.45, 7) is 13.4. The van der Waals surface area contributed by atoms with E-state index in [0.717, 1.165) is 19.6 Å². The van der Waals surface area contributed by atoms with Crippen molar-refractivity contribution >= 4 is 19.2 Å². The van der Waals surface area contributed by atoms with E-state index in [1.54, 1.807) is 0 Å². The zero-order valence-electron chi connectivity index (χ0n) is 17.0. The maximum atomic E-state index is 6.53. The third-order valence-electron chi connectivity index (χ3n) is 6.88. The van der Waals surface area contributed by atoms with Crippen molar-refractivity contribution in [3.8, 4) is 0 Å². The Balaban J connectivity index is 1.64. The van der Waals surface area contributed by atoms with Gasteiger partial charge < -0.3 is 9.41 Å². The van der Waals surface area contributed by atoms with Gasteiger partial charge in [-0.3, -0.25) is 4.90 Å². The highest BCUT2D eigenvalue weighted by Gasteiger charge is 2.39. The van der Waals surface area contributed by atoms with Crippen LogP contribution in [0, 0.1) is 0 Å². The van der Waals surface area contributed by atoms with Crippen LogP contribution in [0.3, 0.4) is 0 Å². The second kappa shape index (κ2) is 6.08. The molecule has 0 bridgehead atoms. The van der Waals surface area contributed by atoms with Crippen LogP contribution in [0.1, 0.15) is 37.8 Å². The Morgan fingerprint density at radius 1 is 1.27 bits per heavy atom. The molecule has 0 amide bonds. The molecule has 2 heterocycles. The molecule has 0 radical (unpaired) electrons. The third kappa shape index (κ3) is 2.88. The summed E-state index contributed by atoms with van der Waals surface area (Å²) in [6, 6.07) is 7.26. The topological polar surface area (TPSA) is 28.3 Å². The van der Waals surface area contributed by atoms with Crippen LogP contribution in [-0.2, 0) is 10.8 Å². The molecule has 1 aromatic heterocycles. The van der Waals surface area contributed by atoms with Gasteiger partial charge in [-0.1, -0.05) is 39.0 Å². The van der Waals surface area contributed by atoms with Crippen LogP contribution in [0.2, 0.25) is 18.1 Å². The fourth-order valence-electron chi connectivity index (χ4n) is 4.24. The minimum Gasteiger partial charge on any atom is -0.413 e. The van der Waals surface area contributed by atoms with Crippen molar-refractivity contribution in [2.24, 2.45) is 0 Å². The summed E-state index contributed by atoms with van der Waals surface area (Å²) >= 11 is 0. The number of hydrogen-bond donors (Lipinski definition) is 1. The lowest BCUT2D eigenvalue weighted by molar-refractivity contribution is 0.208. The van der Waals surface area contributed by atoms with E-state index in [2.05, 4.69) is 81.3 Å². The molecule has 1 aliphatic carbocycles. The molecule has 1 N–H and O–H groups in total. The maximum absolute atomic E-state index is 6.53. The van der Waals surface area contributed by atoms with Gasteiger partial charge >= 0.3 is 0 Å². The van der Waals surface area contributed by atoms with Gasteiger partial charge in [-0.25, -0.2) is 0 Å². The first kappa shape index (κ1) is 18.0. The van der Waals surface area contributed by atoms with Gasteiger partial charge in [0.05, 0.1) is 6.61 Å². The van der Waals surface area contributed by atoms with Crippen LogP contribution in [0.4, 0.5) is 0 Å². The van der Waals surface area contributed by atoms with Crippen LogP contribution in [0.15, 0.2) is 36.0 Å². The summed E-state index contributed by atoms with van der Waals surface area (Å²) in [4.78, 5) is 5.99. The Morgan fingerprint density at radius 2 is 2.04 bits per heavy atom. The molecule has 4 rings (SSSR count). The lowest BCUT2D eigenvalue weighted by Crippen LogP contribution is -2.46. The van der Waals surface area contributed by atoms with Gasteiger partial charge in [0.15, 0.2) is 8.32 Å².